The number of hydrogen-bond acceptors (Lipinski definition) is 6. The van der Waals surface area contributed by atoms with Crippen molar-refractivity contribution in [3.8, 4) is 5.75 Å². The van der Waals surface area contributed by atoms with E-state index in [1.165, 1.54) is 18.0 Å². The Kier molecular flexibility index (Phi) is 11.9. The van der Waals surface area contributed by atoms with Crippen LogP contribution in [0, 0.1) is 0 Å². The normalized spacial score (nSPS) is 15.3. The highest BCUT2D eigenvalue weighted by Crippen LogP contribution is 2.32. The van der Waals surface area contributed by atoms with Crippen LogP contribution >= 0.6 is 23.2 Å². The summed E-state index contributed by atoms with van der Waals surface area (Å²) in [7, 11) is 3.16. The van der Waals surface area contributed by atoms with Crippen LogP contribution in [0.15, 0.2) is 42.6 Å². The third-order valence-electron chi connectivity index (χ3n) is 8.08. The molecular formula is C32H38Cl2N6O6. The van der Waals surface area contributed by atoms with E-state index in [-0.39, 0.29) is 59.1 Å². The van der Waals surface area contributed by atoms with Crippen molar-refractivity contribution in [2.75, 3.05) is 58.7 Å². The summed E-state index contributed by atoms with van der Waals surface area (Å²) in [4.78, 5) is 69.3. The molecule has 0 spiro atoms. The van der Waals surface area contributed by atoms with E-state index in [4.69, 9.17) is 27.9 Å². The van der Waals surface area contributed by atoms with Gasteiger partial charge in [-0.3, -0.25) is 19.2 Å². The number of ether oxygens (including phenoxy) is 1. The van der Waals surface area contributed by atoms with Crippen LogP contribution in [0.5, 0.6) is 5.75 Å². The second-order valence-electron chi connectivity index (χ2n) is 11.1. The molecule has 2 N–H and O–H groups in total. The molecule has 0 bridgehead atoms. The third-order valence-corrected chi connectivity index (χ3v) is 8.90. The van der Waals surface area contributed by atoms with Gasteiger partial charge in [0.2, 0.25) is 18.2 Å². The lowest BCUT2D eigenvalue weighted by molar-refractivity contribution is -0.135. The first kappa shape index (κ1) is 34.6. The largest absolute Gasteiger partial charge is 0.497 e. The summed E-state index contributed by atoms with van der Waals surface area (Å²) >= 11 is 12.7. The Bertz CT molecular complexity index is 1510. The number of carbonyl (C=O) groups excluding carboxylic acids is 5. The van der Waals surface area contributed by atoms with Gasteiger partial charge in [0.05, 0.1) is 22.7 Å². The number of anilines is 1. The summed E-state index contributed by atoms with van der Waals surface area (Å²) in [5, 5.41) is 5.97. The molecule has 0 radical (unpaired) electrons. The average molecular weight is 674 g/mol. The van der Waals surface area contributed by atoms with Gasteiger partial charge in [0.25, 0.3) is 5.91 Å². The first-order chi connectivity index (χ1) is 22.0. The van der Waals surface area contributed by atoms with E-state index < -0.39 is 5.91 Å². The minimum absolute atomic E-state index is 0.0513. The number of methoxy groups -OCH3 is 1. The number of carbonyl (C=O) groups is 5. The molecule has 46 heavy (non-hydrogen) atoms. The third kappa shape index (κ3) is 8.49. The van der Waals surface area contributed by atoms with Crippen molar-refractivity contribution < 1.29 is 28.7 Å². The quantitative estimate of drug-likeness (QED) is 0.278. The van der Waals surface area contributed by atoms with E-state index in [2.05, 4.69) is 10.6 Å². The zero-order valence-electron chi connectivity index (χ0n) is 26.1. The zero-order chi connectivity index (χ0) is 33.4. The topological polar surface area (TPSA) is 132 Å². The SMILES string of the molecule is COc1ccc2c(c1)CCN(C1CCN(C(=O)CN(C=O)/C=C(\C(=O)N(C)CCNC(C)=O)c3cccc(Cl)c3Cl)CC1)C(=O)N2. The number of piperidine rings is 1. The molecule has 2 aliphatic heterocycles. The Morgan fingerprint density at radius 3 is 2.54 bits per heavy atom. The standard InChI is InChI=1S/C32H38Cl2N6O6/c1-21(42)35-12-16-37(2)31(44)26(25-5-4-6-27(33)30(25)34)18-38(20-41)19-29(43)39-13-10-23(11-14-39)40-15-9-22-17-24(46-3)7-8-28(22)36-32(40)45/h4-8,17-18,20,23H,9-16,19H2,1-3H3,(H,35,42)(H,36,45)/b26-18-. The van der Waals surface area contributed by atoms with Crippen molar-refractivity contribution in [2.45, 2.75) is 32.2 Å². The second-order valence-corrected chi connectivity index (χ2v) is 11.9. The van der Waals surface area contributed by atoms with E-state index in [1.807, 2.05) is 23.1 Å². The molecule has 0 unspecified atom stereocenters. The maximum atomic E-state index is 13.5. The molecule has 0 atom stereocenters. The van der Waals surface area contributed by atoms with Gasteiger partial charge in [-0.2, -0.15) is 0 Å². The fourth-order valence-corrected chi connectivity index (χ4v) is 5.93. The number of halogens is 2. The second kappa shape index (κ2) is 15.8. The molecule has 12 nitrogen and oxygen atoms in total. The number of urea groups is 1. The first-order valence-electron chi connectivity index (χ1n) is 14.9. The fraction of sp³-hybridized carbons (Fsp3) is 0.406. The van der Waals surface area contributed by atoms with E-state index in [0.29, 0.717) is 50.9 Å². The van der Waals surface area contributed by atoms with Crippen LogP contribution < -0.4 is 15.4 Å². The van der Waals surface area contributed by atoms with Gasteiger partial charge in [-0.15, -0.1) is 0 Å². The van der Waals surface area contributed by atoms with Gasteiger partial charge in [-0.05, 0) is 49.1 Å². The molecule has 0 aromatic heterocycles. The summed E-state index contributed by atoms with van der Waals surface area (Å²) < 4.78 is 5.32. The number of fused-ring (bicyclic) bond motifs is 1. The van der Waals surface area contributed by atoms with Gasteiger partial charge in [-0.25, -0.2) is 4.79 Å². The van der Waals surface area contributed by atoms with Crippen LogP contribution in [-0.4, -0.2) is 109 Å². The molecule has 246 valence electrons. The molecule has 1 fully saturated rings. The molecule has 2 aromatic carbocycles. The summed E-state index contributed by atoms with van der Waals surface area (Å²) in [5.41, 5.74) is 2.11. The van der Waals surface area contributed by atoms with E-state index >= 15 is 0 Å². The highest BCUT2D eigenvalue weighted by Gasteiger charge is 2.32. The maximum absolute atomic E-state index is 13.5. The van der Waals surface area contributed by atoms with Crippen molar-refractivity contribution in [2.24, 2.45) is 0 Å². The number of amides is 6. The molecule has 2 aliphatic rings. The number of hydrogen-bond donors (Lipinski definition) is 2. The Balaban J connectivity index is 1.42. The van der Waals surface area contributed by atoms with Gasteiger partial charge >= 0.3 is 6.03 Å². The Morgan fingerprint density at radius 2 is 1.87 bits per heavy atom. The summed E-state index contributed by atoms with van der Waals surface area (Å²) in [6, 6.07) is 10.2. The zero-order valence-corrected chi connectivity index (χ0v) is 27.6. The Morgan fingerprint density at radius 1 is 1.13 bits per heavy atom. The molecule has 1 saturated heterocycles. The van der Waals surface area contributed by atoms with Crippen molar-refractivity contribution in [1.82, 2.24) is 24.9 Å². The molecule has 4 rings (SSSR count). The molecule has 14 heteroatoms. The van der Waals surface area contributed by atoms with Crippen molar-refractivity contribution >= 4 is 64.6 Å². The number of benzene rings is 2. The van der Waals surface area contributed by atoms with Gasteiger partial charge in [-0.1, -0.05) is 35.3 Å². The molecule has 2 heterocycles. The molecule has 0 saturated carbocycles. The van der Waals surface area contributed by atoms with Crippen LogP contribution in [0.3, 0.4) is 0 Å². The molecule has 0 aliphatic carbocycles. The monoisotopic (exact) mass is 672 g/mol. The molecule has 6 amide bonds. The lowest BCUT2D eigenvalue weighted by atomic mass is 10.0. The summed E-state index contributed by atoms with van der Waals surface area (Å²) in [6.45, 7) is 2.84. The predicted octanol–water partition coefficient (Wildman–Crippen LogP) is 3.48. The number of nitrogens with one attached hydrogen (secondary N) is 2. The first-order valence-corrected chi connectivity index (χ1v) is 15.7. The number of nitrogens with zero attached hydrogens (tertiary/aromatic N) is 4. The number of likely N-dealkylation sites (N-methyl/N-ethyl adjacent to an activating group) is 1. The van der Waals surface area contributed by atoms with Crippen LogP contribution in [0.25, 0.3) is 5.57 Å². The fourth-order valence-electron chi connectivity index (χ4n) is 5.52. The van der Waals surface area contributed by atoms with Crippen LogP contribution in [0.4, 0.5) is 10.5 Å². The van der Waals surface area contributed by atoms with Gasteiger partial charge < -0.3 is 35.0 Å². The van der Waals surface area contributed by atoms with Crippen molar-refractivity contribution in [3.05, 3.63) is 63.8 Å². The smallest absolute Gasteiger partial charge is 0.322 e. The minimum atomic E-state index is -0.481. The van der Waals surface area contributed by atoms with Gasteiger partial charge in [0.1, 0.15) is 12.3 Å². The highest BCUT2D eigenvalue weighted by molar-refractivity contribution is 6.44. The Labute approximate surface area is 278 Å². The van der Waals surface area contributed by atoms with Gasteiger partial charge in [0, 0.05) is 70.2 Å². The van der Waals surface area contributed by atoms with Gasteiger partial charge in [0.15, 0.2) is 0 Å². The van der Waals surface area contributed by atoms with Crippen LogP contribution in [-0.2, 0) is 25.6 Å². The predicted molar refractivity (Wildman–Crippen MR) is 176 cm³/mol. The highest BCUT2D eigenvalue weighted by atomic mass is 35.5. The number of likely N-dealkylation sites (tertiary alicyclic amines) is 1. The van der Waals surface area contributed by atoms with E-state index in [1.54, 1.807) is 37.3 Å². The lowest BCUT2D eigenvalue weighted by Gasteiger charge is -2.38. The molecule has 2 aromatic rings. The van der Waals surface area contributed by atoms with Crippen LogP contribution in [0.2, 0.25) is 10.0 Å². The van der Waals surface area contributed by atoms with E-state index in [0.717, 1.165) is 21.9 Å². The van der Waals surface area contributed by atoms with Crippen LogP contribution in [0.1, 0.15) is 30.9 Å². The molecular weight excluding hydrogens is 635 g/mol. The van der Waals surface area contributed by atoms with E-state index in [9.17, 15) is 24.0 Å². The van der Waals surface area contributed by atoms with Crippen molar-refractivity contribution in [1.29, 1.82) is 0 Å². The maximum Gasteiger partial charge on any atom is 0.322 e. The summed E-state index contributed by atoms with van der Waals surface area (Å²) in [6.07, 6.45) is 3.60. The van der Waals surface area contributed by atoms with Crippen molar-refractivity contribution in [3.63, 3.8) is 0 Å². The number of rotatable bonds is 11. The minimum Gasteiger partial charge on any atom is -0.497 e. The lowest BCUT2D eigenvalue weighted by Crippen LogP contribution is -2.51. The Hall–Kier alpha value is -4.29. The summed E-state index contributed by atoms with van der Waals surface area (Å²) in [5.74, 6) is -0.283. The average Bonchev–Trinajstić information content (AvgIpc) is 3.21.